The molecule has 0 aliphatic carbocycles. The van der Waals surface area contributed by atoms with Crippen molar-refractivity contribution < 1.29 is 19.0 Å². The highest BCUT2D eigenvalue weighted by Gasteiger charge is 2.23. The first-order chi connectivity index (χ1) is 14.6. The number of carbonyl (C=O) groups excluding carboxylic acids is 1. The van der Waals surface area contributed by atoms with Crippen LogP contribution in [0.3, 0.4) is 0 Å². The standard InChI is InChI=1S/C21H20FN5O3/c22-16-10-14(5-6-19(16)27-7-8-30-12-20(27)28)24-11-18(26-23)15-9-13-3-1-2-4-17(13)25-21(15)29/h1-6,9-11,21,25,29H,7-8,12,23H2. The molecule has 30 heavy (non-hydrogen) atoms. The predicted octanol–water partition coefficient (Wildman–Crippen LogP) is 2.03. The summed E-state index contributed by atoms with van der Waals surface area (Å²) in [7, 11) is 0. The van der Waals surface area contributed by atoms with E-state index in [1.54, 1.807) is 12.1 Å². The largest absolute Gasteiger partial charge is 0.370 e. The van der Waals surface area contributed by atoms with Crippen molar-refractivity contribution in [1.29, 1.82) is 0 Å². The lowest BCUT2D eigenvalue weighted by atomic mass is 10.00. The summed E-state index contributed by atoms with van der Waals surface area (Å²) in [5.41, 5.74) is 2.85. The summed E-state index contributed by atoms with van der Waals surface area (Å²) in [4.78, 5) is 17.5. The van der Waals surface area contributed by atoms with Crippen molar-refractivity contribution in [3.63, 3.8) is 0 Å². The molecule has 1 atom stereocenters. The molecular formula is C21H20FN5O3. The molecule has 4 rings (SSSR count). The highest BCUT2D eigenvalue weighted by molar-refractivity contribution is 6.40. The number of morpholine rings is 1. The number of hydrogen-bond acceptors (Lipinski definition) is 7. The number of halogens is 1. The summed E-state index contributed by atoms with van der Waals surface area (Å²) in [6.45, 7) is 0.586. The first-order valence-electron chi connectivity index (χ1n) is 9.32. The van der Waals surface area contributed by atoms with E-state index < -0.39 is 12.0 Å². The van der Waals surface area contributed by atoms with E-state index in [-0.39, 0.29) is 23.9 Å². The van der Waals surface area contributed by atoms with E-state index in [0.717, 1.165) is 11.3 Å². The van der Waals surface area contributed by atoms with Gasteiger partial charge in [-0.3, -0.25) is 9.79 Å². The van der Waals surface area contributed by atoms with Crippen LogP contribution in [0.2, 0.25) is 0 Å². The van der Waals surface area contributed by atoms with Crippen LogP contribution >= 0.6 is 0 Å². The quantitative estimate of drug-likeness (QED) is 0.406. The molecule has 1 amide bonds. The Bertz CT molecular complexity index is 1070. The molecule has 2 aliphatic heterocycles. The summed E-state index contributed by atoms with van der Waals surface area (Å²) in [6, 6.07) is 11.8. The highest BCUT2D eigenvalue weighted by atomic mass is 19.1. The zero-order chi connectivity index (χ0) is 21.1. The molecule has 4 N–H and O–H groups in total. The van der Waals surface area contributed by atoms with Crippen molar-refractivity contribution in [2.75, 3.05) is 30.0 Å². The van der Waals surface area contributed by atoms with Crippen molar-refractivity contribution in [2.24, 2.45) is 15.9 Å². The number of benzene rings is 2. The number of ether oxygens (including phenoxy) is 1. The number of nitrogens with two attached hydrogens (primary N) is 1. The lowest BCUT2D eigenvalue weighted by Crippen LogP contribution is -2.42. The Labute approximate surface area is 172 Å². The Morgan fingerprint density at radius 2 is 2.17 bits per heavy atom. The van der Waals surface area contributed by atoms with Crippen molar-refractivity contribution >= 4 is 41.0 Å². The van der Waals surface area contributed by atoms with Gasteiger partial charge in [-0.25, -0.2) is 4.39 Å². The van der Waals surface area contributed by atoms with Gasteiger partial charge in [0.05, 0.1) is 24.2 Å². The number of amides is 1. The molecule has 2 aromatic carbocycles. The molecule has 1 fully saturated rings. The molecule has 0 spiro atoms. The second-order valence-corrected chi connectivity index (χ2v) is 6.74. The van der Waals surface area contributed by atoms with Crippen LogP contribution in [0.25, 0.3) is 6.08 Å². The minimum atomic E-state index is -1.01. The molecule has 0 saturated carbocycles. The topological polar surface area (TPSA) is 113 Å². The second-order valence-electron chi connectivity index (χ2n) is 6.74. The van der Waals surface area contributed by atoms with Crippen LogP contribution in [-0.4, -0.2) is 48.9 Å². The van der Waals surface area contributed by atoms with Crippen LogP contribution in [0.1, 0.15) is 5.56 Å². The number of nitrogens with zero attached hydrogens (tertiary/aromatic N) is 3. The molecule has 1 saturated heterocycles. The number of anilines is 2. The number of rotatable bonds is 4. The summed E-state index contributed by atoms with van der Waals surface area (Å²) in [5, 5.41) is 17.1. The maximum Gasteiger partial charge on any atom is 0.253 e. The normalized spacial score (nSPS) is 19.5. The number of aliphatic hydroxyl groups excluding tert-OH is 1. The first-order valence-corrected chi connectivity index (χ1v) is 9.32. The number of hydrazone groups is 1. The van der Waals surface area contributed by atoms with Crippen molar-refractivity contribution in [2.45, 2.75) is 6.23 Å². The van der Waals surface area contributed by atoms with Gasteiger partial charge in [-0.15, -0.1) is 0 Å². The molecule has 1 unspecified atom stereocenters. The van der Waals surface area contributed by atoms with Crippen molar-refractivity contribution in [3.8, 4) is 0 Å². The highest BCUT2D eigenvalue weighted by Crippen LogP contribution is 2.28. The molecule has 0 radical (unpaired) electrons. The third-order valence-corrected chi connectivity index (χ3v) is 4.84. The average molecular weight is 409 g/mol. The van der Waals surface area contributed by atoms with Gasteiger partial charge in [-0.2, -0.15) is 5.10 Å². The van der Waals surface area contributed by atoms with Crippen molar-refractivity contribution in [3.05, 3.63) is 59.4 Å². The van der Waals surface area contributed by atoms with E-state index in [2.05, 4.69) is 15.4 Å². The molecule has 9 heteroatoms. The van der Waals surface area contributed by atoms with Gasteiger partial charge in [-0.1, -0.05) is 18.2 Å². The summed E-state index contributed by atoms with van der Waals surface area (Å²) in [5.74, 6) is 4.64. The van der Waals surface area contributed by atoms with Crippen LogP contribution in [0.5, 0.6) is 0 Å². The van der Waals surface area contributed by atoms with Crippen LogP contribution in [0, 0.1) is 5.82 Å². The van der Waals surface area contributed by atoms with E-state index in [1.165, 1.54) is 23.2 Å². The predicted molar refractivity (Wildman–Crippen MR) is 113 cm³/mol. The zero-order valence-electron chi connectivity index (χ0n) is 16.0. The Kier molecular flexibility index (Phi) is 5.55. The number of nitrogens with one attached hydrogen (secondary N) is 1. The fourth-order valence-corrected chi connectivity index (χ4v) is 3.33. The third kappa shape index (κ3) is 3.93. The van der Waals surface area contributed by atoms with Crippen LogP contribution in [-0.2, 0) is 9.53 Å². The Hall–Kier alpha value is -3.56. The van der Waals surface area contributed by atoms with Gasteiger partial charge in [0.25, 0.3) is 5.91 Å². The van der Waals surface area contributed by atoms with Gasteiger partial charge in [-0.05, 0) is 29.8 Å². The molecule has 8 nitrogen and oxygen atoms in total. The van der Waals surface area contributed by atoms with Crippen molar-refractivity contribution in [1.82, 2.24) is 0 Å². The minimum absolute atomic E-state index is 0.0652. The number of para-hydroxylation sites is 1. The molecule has 2 heterocycles. The van der Waals surface area contributed by atoms with Crippen LogP contribution < -0.4 is 16.1 Å². The Balaban J connectivity index is 1.56. The lowest BCUT2D eigenvalue weighted by Gasteiger charge is -2.27. The average Bonchev–Trinajstić information content (AvgIpc) is 2.75. The Morgan fingerprint density at radius 1 is 1.33 bits per heavy atom. The summed E-state index contributed by atoms with van der Waals surface area (Å²) >= 11 is 0. The molecule has 0 bridgehead atoms. The van der Waals surface area contributed by atoms with Gasteiger partial charge < -0.3 is 25.9 Å². The van der Waals surface area contributed by atoms with Crippen LogP contribution in [0.4, 0.5) is 21.5 Å². The Morgan fingerprint density at radius 3 is 2.93 bits per heavy atom. The van der Waals surface area contributed by atoms with E-state index in [4.69, 9.17) is 10.6 Å². The SMILES string of the molecule is NN=C(C=Nc1ccc(N2CCOCC2=O)c(F)c1)C1=Cc2ccccc2NC1O. The summed E-state index contributed by atoms with van der Waals surface area (Å²) in [6.07, 6.45) is 2.11. The molecular weight excluding hydrogens is 389 g/mol. The van der Waals surface area contributed by atoms with Gasteiger partial charge in [0, 0.05) is 23.9 Å². The second kappa shape index (κ2) is 8.44. The fraction of sp³-hybridized carbons (Fsp3) is 0.190. The summed E-state index contributed by atoms with van der Waals surface area (Å²) < 4.78 is 19.6. The number of aliphatic hydroxyl groups is 1. The number of carbonyl (C=O) groups is 1. The fourth-order valence-electron chi connectivity index (χ4n) is 3.33. The molecule has 0 aromatic heterocycles. The smallest absolute Gasteiger partial charge is 0.253 e. The maximum atomic E-state index is 14.6. The molecule has 2 aromatic rings. The van der Waals surface area contributed by atoms with Gasteiger partial charge in [0.1, 0.15) is 18.1 Å². The van der Waals surface area contributed by atoms with Gasteiger partial charge >= 0.3 is 0 Å². The maximum absolute atomic E-state index is 14.6. The monoisotopic (exact) mass is 409 g/mol. The number of aliphatic imine (C=N–C) groups is 1. The van der Waals surface area contributed by atoms with E-state index in [0.29, 0.717) is 24.4 Å². The first kappa shape index (κ1) is 19.7. The van der Waals surface area contributed by atoms with E-state index >= 15 is 0 Å². The molecule has 2 aliphatic rings. The molecule has 154 valence electrons. The number of fused-ring (bicyclic) bond motifs is 1. The van der Waals surface area contributed by atoms with E-state index in [1.807, 2.05) is 24.3 Å². The van der Waals surface area contributed by atoms with Gasteiger partial charge in [0.2, 0.25) is 0 Å². The lowest BCUT2D eigenvalue weighted by molar-refractivity contribution is -0.125. The minimum Gasteiger partial charge on any atom is -0.370 e. The third-order valence-electron chi connectivity index (χ3n) is 4.84. The van der Waals surface area contributed by atoms with Gasteiger partial charge in [0.15, 0.2) is 6.23 Å². The van der Waals surface area contributed by atoms with Crippen LogP contribution in [0.15, 0.2) is 58.1 Å². The number of hydrogen-bond donors (Lipinski definition) is 3. The zero-order valence-corrected chi connectivity index (χ0v) is 16.0. The van der Waals surface area contributed by atoms with E-state index in [9.17, 15) is 14.3 Å².